The van der Waals surface area contributed by atoms with E-state index >= 15 is 0 Å². The maximum atomic E-state index is 11.0. The minimum Gasteiger partial charge on any atom is -0.478 e. The monoisotopic (exact) mass is 352 g/mol. The largest absolute Gasteiger partial charge is 0.478 e. The maximum Gasteiger partial charge on any atom is 0.336 e. The van der Waals surface area contributed by atoms with Crippen LogP contribution in [0.2, 0.25) is 0 Å². The van der Waals surface area contributed by atoms with Crippen molar-refractivity contribution in [3.63, 3.8) is 0 Å². The maximum absolute atomic E-state index is 11.0. The minimum atomic E-state index is -0.940. The molecule has 0 saturated heterocycles. The van der Waals surface area contributed by atoms with Crippen LogP contribution in [-0.4, -0.2) is 17.0 Å². The van der Waals surface area contributed by atoms with E-state index in [-0.39, 0.29) is 5.56 Å². The number of benzene rings is 2. The summed E-state index contributed by atoms with van der Waals surface area (Å²) >= 11 is 4.70. The van der Waals surface area contributed by atoms with E-state index < -0.39 is 5.97 Å². The van der Waals surface area contributed by atoms with Crippen molar-refractivity contribution in [1.82, 2.24) is 0 Å². The fourth-order valence-electron chi connectivity index (χ4n) is 1.60. The zero-order valence-electron chi connectivity index (χ0n) is 10.6. The van der Waals surface area contributed by atoms with Gasteiger partial charge in [0.2, 0.25) is 0 Å². The van der Waals surface area contributed by atoms with Crippen molar-refractivity contribution in [2.75, 3.05) is 5.94 Å². The molecule has 0 fully saturated rings. The van der Waals surface area contributed by atoms with E-state index in [1.54, 1.807) is 12.1 Å². The lowest BCUT2D eigenvalue weighted by atomic mass is 10.2. The standard InChI is InChI=1S/C15H13BrO3S/c16-14-7-6-12(8-13(14)15(17)18)20-10-19-9-11-4-2-1-3-5-11/h1-8H,9-10H2,(H,17,18). The van der Waals surface area contributed by atoms with E-state index in [9.17, 15) is 4.79 Å². The first kappa shape index (κ1) is 15.1. The van der Waals surface area contributed by atoms with E-state index in [2.05, 4.69) is 15.9 Å². The molecule has 0 radical (unpaired) electrons. The molecule has 2 aromatic carbocycles. The molecular weight excluding hydrogens is 340 g/mol. The average Bonchev–Trinajstić information content (AvgIpc) is 2.46. The normalized spacial score (nSPS) is 10.4. The van der Waals surface area contributed by atoms with Gasteiger partial charge in [-0.05, 0) is 39.7 Å². The number of ether oxygens (including phenoxy) is 1. The summed E-state index contributed by atoms with van der Waals surface area (Å²) in [6, 6.07) is 15.2. The second kappa shape index (κ2) is 7.47. The Hall–Kier alpha value is -1.30. The number of aromatic carboxylic acids is 1. The summed E-state index contributed by atoms with van der Waals surface area (Å²) in [5.41, 5.74) is 1.38. The van der Waals surface area contributed by atoms with Crippen molar-refractivity contribution in [2.24, 2.45) is 0 Å². The topological polar surface area (TPSA) is 46.5 Å². The van der Waals surface area contributed by atoms with Gasteiger partial charge in [-0.15, -0.1) is 0 Å². The van der Waals surface area contributed by atoms with Crippen molar-refractivity contribution >= 4 is 33.7 Å². The van der Waals surface area contributed by atoms with Gasteiger partial charge in [-0.3, -0.25) is 0 Å². The van der Waals surface area contributed by atoms with Crippen LogP contribution in [-0.2, 0) is 11.3 Å². The van der Waals surface area contributed by atoms with Crippen LogP contribution < -0.4 is 0 Å². The van der Waals surface area contributed by atoms with Crippen LogP contribution >= 0.6 is 27.7 Å². The smallest absolute Gasteiger partial charge is 0.336 e. The van der Waals surface area contributed by atoms with Gasteiger partial charge in [-0.2, -0.15) is 0 Å². The molecule has 0 spiro atoms. The fourth-order valence-corrected chi connectivity index (χ4v) is 2.69. The van der Waals surface area contributed by atoms with Crippen molar-refractivity contribution in [3.8, 4) is 0 Å². The Kier molecular flexibility index (Phi) is 5.64. The van der Waals surface area contributed by atoms with Gasteiger partial charge in [0.1, 0.15) is 0 Å². The quantitative estimate of drug-likeness (QED) is 0.475. The Morgan fingerprint density at radius 1 is 1.20 bits per heavy atom. The molecule has 2 aromatic rings. The summed E-state index contributed by atoms with van der Waals surface area (Å²) in [7, 11) is 0. The van der Waals surface area contributed by atoms with Crippen molar-refractivity contribution in [3.05, 3.63) is 64.1 Å². The summed E-state index contributed by atoms with van der Waals surface area (Å²) in [6.07, 6.45) is 0. The Morgan fingerprint density at radius 3 is 2.65 bits per heavy atom. The van der Waals surface area contributed by atoms with Gasteiger partial charge in [0, 0.05) is 9.37 Å². The summed E-state index contributed by atoms with van der Waals surface area (Å²) < 4.78 is 6.14. The molecule has 0 aliphatic carbocycles. The van der Waals surface area contributed by atoms with Gasteiger partial charge in [-0.25, -0.2) is 4.79 Å². The predicted octanol–water partition coefficient (Wildman–Crippen LogP) is 4.41. The Morgan fingerprint density at radius 2 is 1.95 bits per heavy atom. The molecule has 0 bridgehead atoms. The highest BCUT2D eigenvalue weighted by molar-refractivity contribution is 9.10. The molecule has 0 unspecified atom stereocenters. The minimum absolute atomic E-state index is 0.262. The summed E-state index contributed by atoms with van der Waals surface area (Å²) in [4.78, 5) is 11.9. The van der Waals surface area contributed by atoms with E-state index in [0.29, 0.717) is 17.0 Å². The lowest BCUT2D eigenvalue weighted by Crippen LogP contribution is -1.98. The van der Waals surface area contributed by atoms with E-state index in [4.69, 9.17) is 9.84 Å². The van der Waals surface area contributed by atoms with Gasteiger partial charge in [-0.1, -0.05) is 42.1 Å². The highest BCUT2D eigenvalue weighted by atomic mass is 79.9. The highest BCUT2D eigenvalue weighted by Gasteiger charge is 2.09. The molecule has 0 aromatic heterocycles. The van der Waals surface area contributed by atoms with Crippen LogP contribution in [0.3, 0.4) is 0 Å². The summed E-state index contributed by atoms with van der Waals surface area (Å²) in [5, 5.41) is 9.04. The van der Waals surface area contributed by atoms with Crippen LogP contribution in [0.15, 0.2) is 57.9 Å². The zero-order chi connectivity index (χ0) is 14.4. The second-order valence-corrected chi connectivity index (χ2v) is 5.89. The molecule has 5 heteroatoms. The molecule has 0 amide bonds. The lowest BCUT2D eigenvalue weighted by molar-refractivity contribution is 0.0695. The molecule has 3 nitrogen and oxygen atoms in total. The van der Waals surface area contributed by atoms with Gasteiger partial charge in [0.15, 0.2) is 0 Å². The molecule has 0 aliphatic heterocycles. The molecule has 0 heterocycles. The third-order valence-electron chi connectivity index (χ3n) is 2.59. The van der Waals surface area contributed by atoms with E-state index in [0.717, 1.165) is 10.5 Å². The van der Waals surface area contributed by atoms with E-state index in [1.165, 1.54) is 11.8 Å². The third kappa shape index (κ3) is 4.37. The van der Waals surface area contributed by atoms with Gasteiger partial charge in [0.25, 0.3) is 0 Å². The van der Waals surface area contributed by atoms with Gasteiger partial charge >= 0.3 is 5.97 Å². The number of hydrogen-bond donors (Lipinski definition) is 1. The first-order valence-electron chi connectivity index (χ1n) is 5.94. The molecule has 2 rings (SSSR count). The van der Waals surface area contributed by atoms with E-state index in [1.807, 2.05) is 36.4 Å². The predicted molar refractivity (Wildman–Crippen MR) is 83.1 cm³/mol. The SMILES string of the molecule is O=C(O)c1cc(SCOCc2ccccc2)ccc1Br. The number of hydrogen-bond acceptors (Lipinski definition) is 3. The van der Waals surface area contributed by atoms with Crippen LogP contribution in [0.5, 0.6) is 0 Å². The van der Waals surface area contributed by atoms with Gasteiger partial charge < -0.3 is 9.84 Å². The van der Waals surface area contributed by atoms with Crippen molar-refractivity contribution in [1.29, 1.82) is 0 Å². The molecule has 20 heavy (non-hydrogen) atoms. The number of halogens is 1. The highest BCUT2D eigenvalue weighted by Crippen LogP contribution is 2.25. The first-order valence-corrected chi connectivity index (χ1v) is 7.72. The molecule has 0 atom stereocenters. The Bertz CT molecular complexity index is 587. The third-order valence-corrected chi connectivity index (χ3v) is 4.15. The number of carboxylic acid groups (broad SMARTS) is 1. The van der Waals surface area contributed by atoms with Crippen LogP contribution in [0.4, 0.5) is 0 Å². The molecule has 0 saturated carbocycles. The molecule has 1 N–H and O–H groups in total. The summed E-state index contributed by atoms with van der Waals surface area (Å²) in [5.74, 6) is -0.459. The molecule has 104 valence electrons. The van der Waals surface area contributed by atoms with Crippen LogP contribution in [0.1, 0.15) is 15.9 Å². The zero-order valence-corrected chi connectivity index (χ0v) is 13.0. The van der Waals surface area contributed by atoms with Gasteiger partial charge in [0.05, 0.1) is 18.1 Å². The second-order valence-electron chi connectivity index (χ2n) is 4.04. The number of carbonyl (C=O) groups is 1. The van der Waals surface area contributed by atoms with Crippen LogP contribution in [0.25, 0.3) is 0 Å². The van der Waals surface area contributed by atoms with Crippen molar-refractivity contribution in [2.45, 2.75) is 11.5 Å². The molecule has 0 aliphatic rings. The average molecular weight is 353 g/mol. The number of thioether (sulfide) groups is 1. The molecular formula is C15H13BrO3S. The fraction of sp³-hybridized carbons (Fsp3) is 0.133. The lowest BCUT2D eigenvalue weighted by Gasteiger charge is -2.06. The summed E-state index contributed by atoms with van der Waals surface area (Å²) in [6.45, 7) is 0.552. The number of rotatable bonds is 6. The first-order chi connectivity index (χ1) is 9.66. The Balaban J connectivity index is 1.85. The Labute approximate surface area is 130 Å². The van der Waals surface area contributed by atoms with Crippen LogP contribution in [0, 0.1) is 0 Å². The number of carboxylic acids is 1. The van der Waals surface area contributed by atoms with Crippen molar-refractivity contribution < 1.29 is 14.6 Å².